The van der Waals surface area contributed by atoms with E-state index in [1.807, 2.05) is 0 Å². The van der Waals surface area contributed by atoms with Crippen molar-refractivity contribution < 1.29 is 21.4 Å². The van der Waals surface area contributed by atoms with Crippen LogP contribution in [0.3, 0.4) is 0 Å². The molecule has 9 heteroatoms. The van der Waals surface area contributed by atoms with Crippen molar-refractivity contribution in [1.82, 2.24) is 4.72 Å². The Labute approximate surface area is 176 Å². The molecule has 0 spiro atoms. The largest absolute Gasteiger partial charge is 0.326 e. The van der Waals surface area contributed by atoms with Crippen molar-refractivity contribution in [2.75, 3.05) is 0 Å². The molecule has 7 nitrogen and oxygen atoms in total. The van der Waals surface area contributed by atoms with Gasteiger partial charge in [-0.3, -0.25) is 4.55 Å². The molecule has 0 saturated heterocycles. The molecule has 170 valence electrons. The van der Waals surface area contributed by atoms with E-state index < -0.39 is 30.6 Å². The van der Waals surface area contributed by atoms with E-state index in [0.29, 0.717) is 5.92 Å². The molecule has 0 aromatic carbocycles. The van der Waals surface area contributed by atoms with E-state index in [2.05, 4.69) is 4.72 Å². The highest BCUT2D eigenvalue weighted by Gasteiger charge is 2.40. The average molecular weight is 451 g/mol. The summed E-state index contributed by atoms with van der Waals surface area (Å²) in [5.74, 6) is 0.651. The van der Waals surface area contributed by atoms with E-state index in [1.54, 1.807) is 0 Å². The minimum Gasteiger partial charge on any atom is -0.326 e. The summed E-state index contributed by atoms with van der Waals surface area (Å²) in [6, 6.07) is -0.398. The lowest BCUT2D eigenvalue weighted by molar-refractivity contribution is 0.199. The lowest BCUT2D eigenvalue weighted by Gasteiger charge is -2.40. The molecule has 0 aliphatic heterocycles. The highest BCUT2D eigenvalue weighted by atomic mass is 32.2. The lowest BCUT2D eigenvalue weighted by Crippen LogP contribution is -2.57. The predicted molar refractivity (Wildman–Crippen MR) is 115 cm³/mol. The second kappa shape index (κ2) is 9.94. The third kappa shape index (κ3) is 6.15. The Bertz CT molecular complexity index is 720. The van der Waals surface area contributed by atoms with Crippen LogP contribution in [-0.4, -0.2) is 44.0 Å². The molecule has 0 heterocycles. The molecule has 2 unspecified atom stereocenters. The molecule has 3 saturated carbocycles. The number of nitrogens with one attached hydrogen (secondary N) is 1. The van der Waals surface area contributed by atoms with Gasteiger partial charge in [-0.1, -0.05) is 38.5 Å². The van der Waals surface area contributed by atoms with Crippen molar-refractivity contribution >= 4 is 20.1 Å². The number of hydrogen-bond donors (Lipinski definition) is 3. The molecule has 0 amide bonds. The summed E-state index contributed by atoms with van der Waals surface area (Å²) in [7, 11) is -7.69. The van der Waals surface area contributed by atoms with Crippen molar-refractivity contribution in [3.05, 3.63) is 0 Å². The first-order chi connectivity index (χ1) is 13.7. The Hall–Kier alpha value is -0.220. The number of rotatable bonds is 7. The van der Waals surface area contributed by atoms with Gasteiger partial charge in [-0.25, -0.2) is 13.1 Å². The first kappa shape index (κ1) is 23.4. The number of hydrogen-bond acceptors (Lipinski definition) is 5. The van der Waals surface area contributed by atoms with Gasteiger partial charge in [0, 0.05) is 12.1 Å². The summed E-state index contributed by atoms with van der Waals surface area (Å²) in [6.07, 6.45) is 12.1. The van der Waals surface area contributed by atoms with Crippen LogP contribution in [-0.2, 0) is 20.1 Å². The SMILES string of the molecule is NC(C1CCCCC1)C(NS(=O)(=O)C1CCC(S(=O)(=O)O)CC1)C1CCCCC1. The van der Waals surface area contributed by atoms with Crippen LogP contribution in [0.4, 0.5) is 0 Å². The topological polar surface area (TPSA) is 127 Å². The highest BCUT2D eigenvalue weighted by molar-refractivity contribution is 7.90. The molecule has 0 aromatic rings. The molecule has 0 radical (unpaired) electrons. The van der Waals surface area contributed by atoms with Crippen molar-refractivity contribution in [3.8, 4) is 0 Å². The molecule has 3 rings (SSSR count). The normalized spacial score (nSPS) is 30.7. The van der Waals surface area contributed by atoms with Crippen molar-refractivity contribution in [3.63, 3.8) is 0 Å². The average Bonchev–Trinajstić information content (AvgIpc) is 2.72. The Morgan fingerprint density at radius 3 is 1.62 bits per heavy atom. The van der Waals surface area contributed by atoms with Gasteiger partial charge in [0.15, 0.2) is 0 Å². The fraction of sp³-hybridized carbons (Fsp3) is 1.00. The molecule has 3 fully saturated rings. The summed E-state index contributed by atoms with van der Waals surface area (Å²) in [5.41, 5.74) is 6.70. The van der Waals surface area contributed by atoms with E-state index in [-0.39, 0.29) is 43.7 Å². The second-order valence-corrected chi connectivity index (χ2v) is 13.2. The lowest BCUT2D eigenvalue weighted by atomic mass is 9.75. The first-order valence-electron chi connectivity index (χ1n) is 11.4. The monoisotopic (exact) mass is 450 g/mol. The maximum absolute atomic E-state index is 13.2. The van der Waals surface area contributed by atoms with Gasteiger partial charge < -0.3 is 5.73 Å². The van der Waals surface area contributed by atoms with E-state index >= 15 is 0 Å². The van der Waals surface area contributed by atoms with Crippen molar-refractivity contribution in [2.24, 2.45) is 17.6 Å². The van der Waals surface area contributed by atoms with Crippen molar-refractivity contribution in [2.45, 2.75) is 112 Å². The second-order valence-electron chi connectivity index (χ2n) is 9.48. The highest BCUT2D eigenvalue weighted by Crippen LogP contribution is 2.35. The zero-order valence-corrected chi connectivity index (χ0v) is 19.0. The molecule has 29 heavy (non-hydrogen) atoms. The van der Waals surface area contributed by atoms with Crippen LogP contribution in [0.2, 0.25) is 0 Å². The third-order valence-electron chi connectivity index (χ3n) is 7.55. The number of nitrogens with two attached hydrogens (primary N) is 1. The molecule has 3 aliphatic rings. The van der Waals surface area contributed by atoms with Crippen LogP contribution < -0.4 is 10.5 Å². The van der Waals surface area contributed by atoms with Crippen LogP contribution in [0, 0.1) is 11.8 Å². The van der Waals surface area contributed by atoms with Crippen LogP contribution in [0.25, 0.3) is 0 Å². The van der Waals surface area contributed by atoms with Gasteiger partial charge in [0.2, 0.25) is 10.0 Å². The van der Waals surface area contributed by atoms with Gasteiger partial charge >= 0.3 is 0 Å². The quantitative estimate of drug-likeness (QED) is 0.512. The molecule has 2 atom stereocenters. The van der Waals surface area contributed by atoms with E-state index in [4.69, 9.17) is 5.73 Å². The molecule has 0 aromatic heterocycles. The third-order valence-corrected chi connectivity index (χ3v) is 10.8. The molecule has 3 aliphatic carbocycles. The first-order valence-corrected chi connectivity index (χ1v) is 14.5. The molecule has 4 N–H and O–H groups in total. The van der Waals surface area contributed by atoms with Crippen LogP contribution in [0.5, 0.6) is 0 Å². The molecular formula is C20H38N2O5S2. The van der Waals surface area contributed by atoms with Gasteiger partial charge in [-0.15, -0.1) is 0 Å². The Kier molecular flexibility index (Phi) is 8.03. The summed E-state index contributed by atoms with van der Waals surface area (Å²) >= 11 is 0. The zero-order valence-electron chi connectivity index (χ0n) is 17.3. The molecular weight excluding hydrogens is 412 g/mol. The van der Waals surface area contributed by atoms with Crippen LogP contribution >= 0.6 is 0 Å². The summed E-state index contributed by atoms with van der Waals surface area (Å²) < 4.78 is 61.4. The zero-order chi connectivity index (χ0) is 21.1. The van der Waals surface area contributed by atoms with Gasteiger partial charge in [0.25, 0.3) is 10.1 Å². The van der Waals surface area contributed by atoms with Gasteiger partial charge in [0.05, 0.1) is 10.5 Å². The fourth-order valence-corrected chi connectivity index (χ4v) is 8.40. The van der Waals surface area contributed by atoms with Gasteiger partial charge in [0.1, 0.15) is 0 Å². The Balaban J connectivity index is 1.70. The predicted octanol–water partition coefficient (Wildman–Crippen LogP) is 2.96. The fourth-order valence-electron chi connectivity index (χ4n) is 5.72. The van der Waals surface area contributed by atoms with Crippen LogP contribution in [0.1, 0.15) is 89.9 Å². The smallest absolute Gasteiger partial charge is 0.267 e. The number of sulfonamides is 1. The molecule has 0 bridgehead atoms. The van der Waals surface area contributed by atoms with E-state index in [9.17, 15) is 21.4 Å². The summed E-state index contributed by atoms with van der Waals surface area (Å²) in [6.45, 7) is 0. The minimum absolute atomic E-state index is 0.165. The van der Waals surface area contributed by atoms with Gasteiger partial charge in [-0.2, -0.15) is 8.42 Å². The maximum atomic E-state index is 13.2. The summed E-state index contributed by atoms with van der Waals surface area (Å²) in [5, 5.41) is -1.45. The Morgan fingerprint density at radius 2 is 1.14 bits per heavy atom. The Morgan fingerprint density at radius 1 is 0.690 bits per heavy atom. The van der Waals surface area contributed by atoms with E-state index in [1.165, 1.54) is 25.7 Å². The maximum Gasteiger partial charge on any atom is 0.267 e. The summed E-state index contributed by atoms with van der Waals surface area (Å²) in [4.78, 5) is 0. The standard InChI is InChI=1S/C20H38N2O5S2/c21-19(15-7-3-1-4-8-15)20(16-9-5-2-6-10-16)22-28(23,24)17-11-13-18(14-12-17)29(25,26)27/h15-20,22H,1-14,21H2,(H,25,26,27). The van der Waals surface area contributed by atoms with Gasteiger partial charge in [-0.05, 0) is 63.2 Å². The van der Waals surface area contributed by atoms with Crippen molar-refractivity contribution in [1.29, 1.82) is 0 Å². The van der Waals surface area contributed by atoms with E-state index in [0.717, 1.165) is 38.5 Å². The van der Waals surface area contributed by atoms with Crippen LogP contribution in [0.15, 0.2) is 0 Å². The minimum atomic E-state index is -4.10.